The molecule has 0 radical (unpaired) electrons. The molecule has 3 heterocycles. The van der Waals surface area contributed by atoms with Crippen LogP contribution < -0.4 is 0 Å². The van der Waals surface area contributed by atoms with Crippen LogP contribution in [0.2, 0.25) is 0 Å². The summed E-state index contributed by atoms with van der Waals surface area (Å²) in [6, 6.07) is 4.99. The molecule has 6 nitrogen and oxygen atoms in total. The molecular formula is C17H18N4O2. The van der Waals surface area contributed by atoms with Gasteiger partial charge in [0.05, 0.1) is 28.6 Å². The average Bonchev–Trinajstić information content (AvgIpc) is 2.97. The van der Waals surface area contributed by atoms with E-state index >= 15 is 0 Å². The zero-order valence-corrected chi connectivity index (χ0v) is 12.9. The van der Waals surface area contributed by atoms with Gasteiger partial charge >= 0.3 is 0 Å². The lowest BCUT2D eigenvalue weighted by Crippen LogP contribution is -2.18. The van der Waals surface area contributed by atoms with Crippen molar-refractivity contribution >= 4 is 11.0 Å². The molecule has 1 N–H and O–H groups in total. The van der Waals surface area contributed by atoms with Gasteiger partial charge in [-0.3, -0.25) is 4.98 Å². The molecule has 0 saturated carbocycles. The number of aromatic hydroxyl groups is 1. The second kappa shape index (κ2) is 5.62. The molecule has 0 amide bonds. The maximum atomic E-state index is 9.62. The Labute approximate surface area is 133 Å². The predicted molar refractivity (Wildman–Crippen MR) is 86.0 cm³/mol. The third-order valence-corrected chi connectivity index (χ3v) is 4.17. The fourth-order valence-corrected chi connectivity index (χ4v) is 2.94. The third-order valence-electron chi connectivity index (χ3n) is 4.17. The third kappa shape index (κ3) is 2.66. The molecule has 1 fully saturated rings. The standard InChI is InChI=1S/C17H18N4O2/c1-11-13(10-21(20-11)17-4-2-3-7-23-17)16-9-18-14-6-5-12(22)8-15(14)19-16/h5-6,8-10,17,22H,2-4,7H2,1H3. The van der Waals surface area contributed by atoms with Crippen LogP contribution in [0.1, 0.15) is 31.2 Å². The zero-order valence-electron chi connectivity index (χ0n) is 12.9. The molecule has 6 heteroatoms. The number of benzene rings is 1. The quantitative estimate of drug-likeness (QED) is 0.787. The SMILES string of the molecule is Cc1nn(C2CCCCO2)cc1-c1cnc2ccc(O)cc2n1. The first-order valence-corrected chi connectivity index (χ1v) is 7.84. The van der Waals surface area contributed by atoms with E-state index in [0.717, 1.165) is 48.3 Å². The lowest BCUT2D eigenvalue weighted by Gasteiger charge is -2.22. The molecule has 3 aromatic rings. The Hall–Kier alpha value is -2.47. The highest BCUT2D eigenvalue weighted by Gasteiger charge is 2.19. The molecule has 4 rings (SSSR count). The second-order valence-corrected chi connectivity index (χ2v) is 5.86. The van der Waals surface area contributed by atoms with Gasteiger partial charge in [-0.2, -0.15) is 5.10 Å². The molecule has 2 aromatic heterocycles. The van der Waals surface area contributed by atoms with Crippen molar-refractivity contribution in [3.63, 3.8) is 0 Å². The number of nitrogens with zero attached hydrogens (tertiary/aromatic N) is 4. The summed E-state index contributed by atoms with van der Waals surface area (Å²) < 4.78 is 7.67. The molecule has 1 aromatic carbocycles. The number of aromatic nitrogens is 4. The number of hydrogen-bond acceptors (Lipinski definition) is 5. The average molecular weight is 310 g/mol. The number of phenolic OH excluding ortho intramolecular Hbond substituents is 1. The van der Waals surface area contributed by atoms with Crippen LogP contribution >= 0.6 is 0 Å². The lowest BCUT2D eigenvalue weighted by molar-refractivity contribution is -0.0396. The predicted octanol–water partition coefficient (Wildman–Crippen LogP) is 3.21. The summed E-state index contributed by atoms with van der Waals surface area (Å²) in [5, 5.41) is 14.2. The van der Waals surface area contributed by atoms with Crippen LogP contribution in [0, 0.1) is 6.92 Å². The molecule has 1 unspecified atom stereocenters. The van der Waals surface area contributed by atoms with Crippen LogP contribution in [-0.4, -0.2) is 31.5 Å². The van der Waals surface area contributed by atoms with Gasteiger partial charge in [-0.05, 0) is 38.3 Å². The summed E-state index contributed by atoms with van der Waals surface area (Å²) in [6.45, 7) is 2.75. The van der Waals surface area contributed by atoms with E-state index < -0.39 is 0 Å². The highest BCUT2D eigenvalue weighted by Crippen LogP contribution is 2.27. The first-order valence-electron chi connectivity index (χ1n) is 7.84. The molecule has 0 bridgehead atoms. The molecule has 1 atom stereocenters. The van der Waals surface area contributed by atoms with Gasteiger partial charge in [0.25, 0.3) is 0 Å². The fourth-order valence-electron chi connectivity index (χ4n) is 2.94. The van der Waals surface area contributed by atoms with E-state index in [1.807, 2.05) is 17.8 Å². The molecule has 1 aliphatic heterocycles. The molecule has 118 valence electrons. The fraction of sp³-hybridized carbons (Fsp3) is 0.353. The number of phenols is 1. The first kappa shape index (κ1) is 14.1. The topological polar surface area (TPSA) is 73.1 Å². The Balaban J connectivity index is 1.73. The van der Waals surface area contributed by atoms with Crippen LogP contribution in [0.3, 0.4) is 0 Å². The van der Waals surface area contributed by atoms with Gasteiger partial charge in [0.2, 0.25) is 0 Å². The van der Waals surface area contributed by atoms with Crippen molar-refractivity contribution in [3.05, 3.63) is 36.3 Å². The van der Waals surface area contributed by atoms with Gasteiger partial charge in [-0.1, -0.05) is 0 Å². The zero-order chi connectivity index (χ0) is 15.8. The summed E-state index contributed by atoms with van der Waals surface area (Å²) >= 11 is 0. The summed E-state index contributed by atoms with van der Waals surface area (Å²) in [5.41, 5.74) is 4.02. The molecule has 1 saturated heterocycles. The van der Waals surface area contributed by atoms with Crippen LogP contribution in [-0.2, 0) is 4.74 Å². The highest BCUT2D eigenvalue weighted by atomic mass is 16.5. The maximum Gasteiger partial charge on any atom is 0.150 e. The van der Waals surface area contributed by atoms with E-state index in [4.69, 9.17) is 4.74 Å². The van der Waals surface area contributed by atoms with Crippen molar-refractivity contribution in [1.29, 1.82) is 0 Å². The van der Waals surface area contributed by atoms with Crippen molar-refractivity contribution in [2.45, 2.75) is 32.4 Å². The van der Waals surface area contributed by atoms with Gasteiger partial charge in [0, 0.05) is 24.4 Å². The minimum Gasteiger partial charge on any atom is -0.508 e. The Bertz CT molecular complexity index is 853. The van der Waals surface area contributed by atoms with Crippen molar-refractivity contribution in [2.24, 2.45) is 0 Å². The van der Waals surface area contributed by atoms with Gasteiger partial charge < -0.3 is 9.84 Å². The summed E-state index contributed by atoms with van der Waals surface area (Å²) in [4.78, 5) is 9.03. The minimum absolute atomic E-state index is 0.00802. The van der Waals surface area contributed by atoms with E-state index in [0.29, 0.717) is 5.52 Å². The van der Waals surface area contributed by atoms with E-state index in [-0.39, 0.29) is 12.0 Å². The summed E-state index contributed by atoms with van der Waals surface area (Å²) in [7, 11) is 0. The molecule has 23 heavy (non-hydrogen) atoms. The van der Waals surface area contributed by atoms with Gasteiger partial charge in [0.15, 0.2) is 0 Å². The molecule has 0 spiro atoms. The largest absolute Gasteiger partial charge is 0.508 e. The Morgan fingerprint density at radius 2 is 2.17 bits per heavy atom. The normalized spacial score (nSPS) is 18.4. The Morgan fingerprint density at radius 3 is 3.00 bits per heavy atom. The van der Waals surface area contributed by atoms with E-state index in [1.54, 1.807) is 24.4 Å². The maximum absolute atomic E-state index is 9.62. The smallest absolute Gasteiger partial charge is 0.150 e. The van der Waals surface area contributed by atoms with Crippen LogP contribution in [0.4, 0.5) is 0 Å². The minimum atomic E-state index is 0.00802. The first-order chi connectivity index (χ1) is 11.2. The number of ether oxygens (including phenoxy) is 1. The van der Waals surface area contributed by atoms with E-state index in [1.165, 1.54) is 0 Å². The molecular weight excluding hydrogens is 292 g/mol. The van der Waals surface area contributed by atoms with Gasteiger partial charge in [-0.15, -0.1) is 0 Å². The van der Waals surface area contributed by atoms with Crippen LogP contribution in [0.15, 0.2) is 30.6 Å². The Kier molecular flexibility index (Phi) is 3.46. The summed E-state index contributed by atoms with van der Waals surface area (Å²) in [5.74, 6) is 0.187. The van der Waals surface area contributed by atoms with Crippen LogP contribution in [0.5, 0.6) is 5.75 Å². The van der Waals surface area contributed by atoms with E-state index in [2.05, 4.69) is 15.1 Å². The number of aryl methyl sites for hydroxylation is 1. The van der Waals surface area contributed by atoms with Crippen LogP contribution in [0.25, 0.3) is 22.3 Å². The van der Waals surface area contributed by atoms with Gasteiger partial charge in [-0.25, -0.2) is 9.67 Å². The van der Waals surface area contributed by atoms with Crippen molar-refractivity contribution in [1.82, 2.24) is 19.7 Å². The van der Waals surface area contributed by atoms with Gasteiger partial charge in [0.1, 0.15) is 12.0 Å². The number of fused-ring (bicyclic) bond motifs is 1. The molecule has 0 aliphatic carbocycles. The second-order valence-electron chi connectivity index (χ2n) is 5.86. The molecule has 1 aliphatic rings. The van der Waals surface area contributed by atoms with Crippen molar-refractivity contribution in [3.8, 4) is 17.0 Å². The number of hydrogen-bond donors (Lipinski definition) is 1. The summed E-state index contributed by atoms with van der Waals surface area (Å²) in [6.07, 6.45) is 6.99. The lowest BCUT2D eigenvalue weighted by atomic mass is 10.2. The van der Waals surface area contributed by atoms with Crippen molar-refractivity contribution < 1.29 is 9.84 Å². The van der Waals surface area contributed by atoms with Crippen molar-refractivity contribution in [2.75, 3.05) is 6.61 Å². The van der Waals surface area contributed by atoms with E-state index in [9.17, 15) is 5.11 Å². The monoisotopic (exact) mass is 310 g/mol. The Morgan fingerprint density at radius 1 is 1.26 bits per heavy atom. The highest BCUT2D eigenvalue weighted by molar-refractivity contribution is 5.78. The number of rotatable bonds is 2.